The Morgan fingerprint density at radius 3 is 1.89 bits per heavy atom. The van der Waals surface area contributed by atoms with Gasteiger partial charge in [0.25, 0.3) is 0 Å². The van der Waals surface area contributed by atoms with E-state index in [-0.39, 0.29) is 0 Å². The van der Waals surface area contributed by atoms with Crippen molar-refractivity contribution in [3.63, 3.8) is 0 Å². The number of carboxylic acid groups (broad SMARTS) is 1. The molecular weight excluding hydrogens is 336 g/mol. The predicted molar refractivity (Wildman–Crippen MR) is 109 cm³/mol. The summed E-state index contributed by atoms with van der Waals surface area (Å²) in [4.78, 5) is 16.2. The fraction of sp³-hybridized carbons (Fsp3) is 0.435. The molecule has 0 unspecified atom stereocenters. The van der Waals surface area contributed by atoms with Crippen LogP contribution in [-0.2, 0) is 0 Å². The Balaban J connectivity index is 1.37. The van der Waals surface area contributed by atoms with Crippen LogP contribution in [0.4, 0.5) is 5.69 Å². The van der Waals surface area contributed by atoms with E-state index < -0.39 is 5.97 Å². The molecule has 1 saturated heterocycles. The van der Waals surface area contributed by atoms with Crippen LogP contribution in [0.15, 0.2) is 48.5 Å². The molecule has 0 bridgehead atoms. The van der Waals surface area contributed by atoms with Crippen molar-refractivity contribution >= 4 is 11.7 Å². The maximum Gasteiger partial charge on any atom is 0.335 e. The van der Waals surface area contributed by atoms with Gasteiger partial charge < -0.3 is 10.0 Å². The van der Waals surface area contributed by atoms with Gasteiger partial charge in [-0.2, -0.15) is 0 Å². The molecule has 1 aliphatic carbocycles. The second kappa shape index (κ2) is 8.13. The number of rotatable bonds is 4. The van der Waals surface area contributed by atoms with E-state index in [9.17, 15) is 4.79 Å². The lowest BCUT2D eigenvalue weighted by Crippen LogP contribution is -2.50. The van der Waals surface area contributed by atoms with Crippen molar-refractivity contribution in [1.29, 1.82) is 0 Å². The average Bonchev–Trinajstić information content (AvgIpc) is 2.75. The third kappa shape index (κ3) is 4.16. The van der Waals surface area contributed by atoms with Gasteiger partial charge in [0.05, 0.1) is 5.56 Å². The summed E-state index contributed by atoms with van der Waals surface area (Å²) in [6.07, 6.45) is 6.99. The van der Waals surface area contributed by atoms with E-state index in [4.69, 9.17) is 5.11 Å². The zero-order valence-corrected chi connectivity index (χ0v) is 15.8. The average molecular weight is 364 g/mol. The van der Waals surface area contributed by atoms with Crippen LogP contribution in [0, 0.1) is 0 Å². The molecule has 1 aliphatic heterocycles. The molecule has 4 rings (SSSR count). The quantitative estimate of drug-likeness (QED) is 0.867. The second-order valence-corrected chi connectivity index (χ2v) is 7.74. The third-order valence-corrected chi connectivity index (χ3v) is 6.10. The molecule has 4 heteroatoms. The monoisotopic (exact) mass is 364 g/mol. The molecule has 1 heterocycles. The summed E-state index contributed by atoms with van der Waals surface area (Å²) in [6, 6.07) is 16.6. The third-order valence-electron chi connectivity index (χ3n) is 6.10. The first-order chi connectivity index (χ1) is 13.2. The van der Waals surface area contributed by atoms with E-state index in [2.05, 4.69) is 34.1 Å². The van der Waals surface area contributed by atoms with E-state index in [1.807, 2.05) is 12.1 Å². The number of hydrogen-bond acceptors (Lipinski definition) is 3. The van der Waals surface area contributed by atoms with Crippen molar-refractivity contribution in [3.05, 3.63) is 54.1 Å². The van der Waals surface area contributed by atoms with Gasteiger partial charge in [0.2, 0.25) is 0 Å². The van der Waals surface area contributed by atoms with Gasteiger partial charge in [-0.05, 0) is 48.2 Å². The lowest BCUT2D eigenvalue weighted by atomic mass is 9.94. The van der Waals surface area contributed by atoms with E-state index >= 15 is 0 Å². The summed E-state index contributed by atoms with van der Waals surface area (Å²) in [5.74, 6) is -0.885. The van der Waals surface area contributed by atoms with Crippen LogP contribution in [0.5, 0.6) is 0 Å². The Morgan fingerprint density at radius 2 is 1.33 bits per heavy atom. The Morgan fingerprint density at radius 1 is 0.778 bits per heavy atom. The standard InChI is InChI=1S/C23H28N2O2/c26-23(27)20-8-6-18(7-9-20)19-10-12-22(13-11-19)25-16-14-24(15-17-25)21-4-2-1-3-5-21/h6-13,21H,1-5,14-17H2,(H,26,27). The zero-order chi connectivity index (χ0) is 18.6. The van der Waals surface area contributed by atoms with E-state index in [0.717, 1.165) is 30.3 Å². The van der Waals surface area contributed by atoms with Crippen LogP contribution in [0.1, 0.15) is 42.5 Å². The number of hydrogen-bond donors (Lipinski definition) is 1. The predicted octanol–water partition coefficient (Wildman–Crippen LogP) is 4.51. The summed E-state index contributed by atoms with van der Waals surface area (Å²) in [6.45, 7) is 4.54. The minimum absolute atomic E-state index is 0.325. The molecule has 2 aromatic carbocycles. The highest BCUT2D eigenvalue weighted by atomic mass is 16.4. The van der Waals surface area contributed by atoms with Crippen molar-refractivity contribution in [3.8, 4) is 11.1 Å². The van der Waals surface area contributed by atoms with Crippen LogP contribution in [0.2, 0.25) is 0 Å². The topological polar surface area (TPSA) is 43.8 Å². The highest BCUT2D eigenvalue weighted by molar-refractivity contribution is 5.88. The first-order valence-electron chi connectivity index (χ1n) is 10.1. The molecule has 0 atom stereocenters. The molecular formula is C23H28N2O2. The van der Waals surface area contributed by atoms with E-state index in [1.165, 1.54) is 50.9 Å². The lowest BCUT2D eigenvalue weighted by Gasteiger charge is -2.41. The summed E-state index contributed by atoms with van der Waals surface area (Å²) in [5, 5.41) is 9.02. The number of carboxylic acids is 1. The van der Waals surface area contributed by atoms with E-state index in [0.29, 0.717) is 5.56 Å². The SMILES string of the molecule is O=C(O)c1ccc(-c2ccc(N3CCN(C4CCCCC4)CC3)cc2)cc1. The van der Waals surface area contributed by atoms with Gasteiger partial charge in [-0.3, -0.25) is 4.90 Å². The normalized spacial score (nSPS) is 19.2. The van der Waals surface area contributed by atoms with Crippen molar-refractivity contribution in [1.82, 2.24) is 4.90 Å². The maximum absolute atomic E-state index is 11.0. The minimum atomic E-state index is -0.885. The lowest BCUT2D eigenvalue weighted by molar-refractivity contribution is 0.0697. The van der Waals surface area contributed by atoms with Crippen LogP contribution < -0.4 is 4.90 Å². The smallest absolute Gasteiger partial charge is 0.335 e. The molecule has 2 aromatic rings. The summed E-state index contributed by atoms with van der Waals surface area (Å²) in [5.41, 5.74) is 3.78. The number of carbonyl (C=O) groups is 1. The molecule has 0 radical (unpaired) electrons. The van der Waals surface area contributed by atoms with Crippen LogP contribution in [0.3, 0.4) is 0 Å². The van der Waals surface area contributed by atoms with Crippen molar-refractivity contribution in [2.24, 2.45) is 0 Å². The Bertz CT molecular complexity index is 756. The molecule has 1 N–H and O–H groups in total. The van der Waals surface area contributed by atoms with Gasteiger partial charge in [-0.15, -0.1) is 0 Å². The zero-order valence-electron chi connectivity index (χ0n) is 15.8. The summed E-state index contributed by atoms with van der Waals surface area (Å²) < 4.78 is 0. The molecule has 1 saturated carbocycles. The highest BCUT2D eigenvalue weighted by Gasteiger charge is 2.25. The molecule has 4 nitrogen and oxygen atoms in total. The Labute approximate surface area is 161 Å². The fourth-order valence-electron chi connectivity index (χ4n) is 4.46. The first-order valence-corrected chi connectivity index (χ1v) is 10.1. The van der Waals surface area contributed by atoms with Gasteiger partial charge >= 0.3 is 5.97 Å². The van der Waals surface area contributed by atoms with E-state index in [1.54, 1.807) is 12.1 Å². The van der Waals surface area contributed by atoms with Crippen LogP contribution in [-0.4, -0.2) is 48.2 Å². The largest absolute Gasteiger partial charge is 0.478 e. The summed E-state index contributed by atoms with van der Waals surface area (Å²) >= 11 is 0. The van der Waals surface area contributed by atoms with Gasteiger partial charge in [-0.1, -0.05) is 43.5 Å². The molecule has 0 aromatic heterocycles. The number of piperazine rings is 1. The first kappa shape index (κ1) is 18.1. The van der Waals surface area contributed by atoms with Gasteiger partial charge in [0.1, 0.15) is 0 Å². The van der Waals surface area contributed by atoms with Crippen molar-refractivity contribution in [2.45, 2.75) is 38.1 Å². The molecule has 0 amide bonds. The number of anilines is 1. The maximum atomic E-state index is 11.0. The Hall–Kier alpha value is -2.33. The number of aromatic carboxylic acids is 1. The number of benzene rings is 2. The van der Waals surface area contributed by atoms with Gasteiger partial charge in [0.15, 0.2) is 0 Å². The Kier molecular flexibility index (Phi) is 5.44. The van der Waals surface area contributed by atoms with Crippen molar-refractivity contribution in [2.75, 3.05) is 31.1 Å². The van der Waals surface area contributed by atoms with Crippen LogP contribution in [0.25, 0.3) is 11.1 Å². The fourth-order valence-corrected chi connectivity index (χ4v) is 4.46. The molecule has 142 valence electrons. The van der Waals surface area contributed by atoms with Gasteiger partial charge in [-0.25, -0.2) is 4.79 Å². The summed E-state index contributed by atoms with van der Waals surface area (Å²) in [7, 11) is 0. The molecule has 2 fully saturated rings. The van der Waals surface area contributed by atoms with Crippen molar-refractivity contribution < 1.29 is 9.90 Å². The molecule has 2 aliphatic rings. The minimum Gasteiger partial charge on any atom is -0.478 e. The van der Waals surface area contributed by atoms with Crippen LogP contribution >= 0.6 is 0 Å². The highest BCUT2D eigenvalue weighted by Crippen LogP contribution is 2.27. The molecule has 0 spiro atoms. The number of nitrogens with zero attached hydrogens (tertiary/aromatic N) is 2. The molecule has 27 heavy (non-hydrogen) atoms. The second-order valence-electron chi connectivity index (χ2n) is 7.74. The van der Waals surface area contributed by atoms with Gasteiger partial charge in [0, 0.05) is 37.9 Å².